The quantitative estimate of drug-likeness (QED) is 0.0306. The van der Waals surface area contributed by atoms with Crippen LogP contribution in [0.15, 0.2) is 46.2 Å². The summed E-state index contributed by atoms with van der Waals surface area (Å²) in [5, 5.41) is 19.8. The first-order chi connectivity index (χ1) is 18.6. The Morgan fingerprint density at radius 1 is 0.833 bits per heavy atom. The van der Waals surface area contributed by atoms with Gasteiger partial charge in [0.15, 0.2) is 0 Å². The fourth-order valence-electron chi connectivity index (χ4n) is 3.35. The number of anilines is 4. The van der Waals surface area contributed by atoms with Crippen LogP contribution in [0.4, 0.5) is 23.3 Å². The minimum absolute atomic E-state index is 0. The molecule has 19 heteroatoms. The van der Waals surface area contributed by atoms with E-state index in [1.54, 1.807) is 51.1 Å². The minimum Gasteiger partial charge on any atom is -0.744 e. The van der Waals surface area contributed by atoms with E-state index in [9.17, 15) is 18.2 Å². The van der Waals surface area contributed by atoms with Crippen molar-refractivity contribution < 1.29 is 134 Å². The Morgan fingerprint density at radius 3 is 2.02 bits per heavy atom. The van der Waals surface area contributed by atoms with Crippen molar-refractivity contribution in [2.45, 2.75) is 30.6 Å². The summed E-state index contributed by atoms with van der Waals surface area (Å²) < 4.78 is 40.7. The second-order valence-electron chi connectivity index (χ2n) is 7.82. The molecule has 42 heavy (non-hydrogen) atoms. The Morgan fingerprint density at radius 2 is 1.40 bits per heavy atom. The molecule has 0 spiro atoms. The van der Waals surface area contributed by atoms with Crippen LogP contribution in [0.2, 0.25) is 0 Å². The number of aromatic nitrogens is 6. The maximum atomic E-state index is 12.1. The summed E-state index contributed by atoms with van der Waals surface area (Å²) in [5.41, 5.74) is 1.50. The number of nitrogens with zero attached hydrogens (tertiary/aromatic N) is 6. The molecule has 0 unspecified atom stereocenters. The Bertz CT molecular complexity index is 1630. The predicted molar refractivity (Wildman–Crippen MR) is 137 cm³/mol. The van der Waals surface area contributed by atoms with Crippen molar-refractivity contribution in [2.24, 2.45) is 0 Å². The Labute approximate surface area is 329 Å². The van der Waals surface area contributed by atoms with E-state index in [2.05, 4.69) is 56.2 Å². The second-order valence-corrected chi connectivity index (χ2v) is 9.91. The van der Waals surface area contributed by atoms with E-state index >= 15 is 0 Å². The molecule has 0 aliphatic rings. The van der Waals surface area contributed by atoms with Gasteiger partial charge < -0.3 is 35.4 Å². The smallest absolute Gasteiger partial charge is 0.744 e. The molecule has 0 fully saturated rings. The first kappa shape index (κ1) is 39.5. The standard InChI is InChI=1S/C23H21N8O6S2.2Na.Yb/c1-13-24-12-25-22(27-13)30-18-8-6-16(20(10-18)38-37-36-32)4-5-17-7-9-19(11-21(17)39(33,34)35)31-23-28-14(2)26-15(3)29-23;;;/h4-11,32H,1-3H3,(H,33,34,35)(H,24,25,27,30)(H,26,28,29,31);;;/q-1;2*+1;/p-2/b5-4+;;;. The van der Waals surface area contributed by atoms with Gasteiger partial charge >= 0.3 is 59.1 Å². The summed E-state index contributed by atoms with van der Waals surface area (Å²) in [5.74, 6) is 1.88. The SMILES string of the molecule is Cc1n[c-]nc(Nc2ccc(/C=C/c3ccc(Nc4nc(C)nc(C)n4)cc3S(=O)(=O)[O-])c(SOO[O-])c2)n1.[Na+].[Na+].[Yb]. The second kappa shape index (κ2) is 18.4. The third kappa shape index (κ3) is 11.8. The Kier molecular flexibility index (Phi) is 17.3. The van der Waals surface area contributed by atoms with Crippen LogP contribution in [0.5, 0.6) is 0 Å². The average Bonchev–Trinajstić information content (AvgIpc) is 2.86. The van der Waals surface area contributed by atoms with Gasteiger partial charge in [-0.3, -0.25) is 5.04 Å². The maximum absolute atomic E-state index is 12.1. The molecule has 2 aromatic carbocycles. The third-order valence-corrected chi connectivity index (χ3v) is 6.45. The molecular weight excluding hydrogens is 767 g/mol. The van der Waals surface area contributed by atoms with Crippen molar-refractivity contribution in [3.63, 3.8) is 0 Å². The summed E-state index contributed by atoms with van der Waals surface area (Å²) in [4.78, 5) is 24.2. The number of hydrogen-bond acceptors (Lipinski definition) is 15. The zero-order chi connectivity index (χ0) is 28.0. The molecule has 0 saturated carbocycles. The number of nitrogens with one attached hydrogen (secondary N) is 2. The van der Waals surface area contributed by atoms with Crippen LogP contribution in [-0.4, -0.2) is 42.9 Å². The van der Waals surface area contributed by atoms with Gasteiger partial charge in [-0.15, -0.1) is 0 Å². The molecule has 0 saturated heterocycles. The van der Waals surface area contributed by atoms with Crippen LogP contribution in [0, 0.1) is 74.0 Å². The van der Waals surface area contributed by atoms with Crippen LogP contribution >= 0.6 is 12.0 Å². The van der Waals surface area contributed by atoms with Crippen LogP contribution in [0.3, 0.4) is 0 Å². The van der Waals surface area contributed by atoms with E-state index in [0.29, 0.717) is 51.3 Å². The van der Waals surface area contributed by atoms with Crippen LogP contribution < -0.4 is 75.0 Å². The Hall–Kier alpha value is -0.541. The molecule has 0 radical (unpaired) electrons. The predicted octanol–water partition coefficient (Wildman–Crippen LogP) is -3.42. The number of hydrogen-bond donors (Lipinski definition) is 2. The molecule has 2 aromatic heterocycles. The molecule has 4 rings (SSSR count). The molecular formula is C23H19N8Na2O6S2Yb-. The van der Waals surface area contributed by atoms with Gasteiger partial charge in [0.25, 0.3) is 0 Å². The number of aryl methyl sites for hydroxylation is 3. The minimum atomic E-state index is -4.86. The number of benzene rings is 2. The zero-order valence-electron chi connectivity index (χ0n) is 22.8. The van der Waals surface area contributed by atoms with Crippen molar-refractivity contribution in [1.82, 2.24) is 29.9 Å². The van der Waals surface area contributed by atoms with Crippen molar-refractivity contribution >= 4 is 57.6 Å². The Balaban J connectivity index is 0.00000294. The van der Waals surface area contributed by atoms with Gasteiger partial charge in [-0.05, 0) is 49.2 Å². The number of rotatable bonds is 10. The van der Waals surface area contributed by atoms with Crippen molar-refractivity contribution in [3.8, 4) is 0 Å². The van der Waals surface area contributed by atoms with Crippen molar-refractivity contribution in [1.29, 1.82) is 0 Å². The van der Waals surface area contributed by atoms with Crippen LogP contribution in [0.25, 0.3) is 12.2 Å². The summed E-state index contributed by atoms with van der Waals surface area (Å²) in [6.45, 7) is 5.07. The van der Waals surface area contributed by atoms with E-state index in [1.807, 2.05) is 0 Å². The summed E-state index contributed by atoms with van der Waals surface area (Å²) in [6, 6.07) is 9.22. The van der Waals surface area contributed by atoms with E-state index < -0.39 is 15.0 Å². The van der Waals surface area contributed by atoms with Crippen molar-refractivity contribution in [2.75, 3.05) is 10.6 Å². The van der Waals surface area contributed by atoms with Gasteiger partial charge in [0.05, 0.1) is 16.9 Å². The van der Waals surface area contributed by atoms with Gasteiger partial charge in [0.2, 0.25) is 5.95 Å². The molecule has 2 N–H and O–H groups in total. The van der Waals surface area contributed by atoms with Crippen LogP contribution in [0.1, 0.15) is 28.6 Å². The van der Waals surface area contributed by atoms with Gasteiger partial charge in [0, 0.05) is 75.3 Å². The van der Waals surface area contributed by atoms with E-state index in [-0.39, 0.29) is 123 Å². The maximum Gasteiger partial charge on any atom is 1.00 e. The molecule has 0 bridgehead atoms. The molecule has 216 valence electrons. The van der Waals surface area contributed by atoms with E-state index in [4.69, 9.17) is 0 Å². The molecule has 0 aliphatic heterocycles. The largest absolute Gasteiger partial charge is 1.00 e. The zero-order valence-corrected chi connectivity index (χ0v) is 30.2. The molecule has 0 aliphatic carbocycles. The summed E-state index contributed by atoms with van der Waals surface area (Å²) >= 11 is 0.630. The molecule has 2 heterocycles. The van der Waals surface area contributed by atoms with Crippen LogP contribution in [-0.2, 0) is 19.5 Å². The summed E-state index contributed by atoms with van der Waals surface area (Å²) in [6.07, 6.45) is 5.47. The normalized spacial score (nSPS) is 10.8. The van der Waals surface area contributed by atoms with Gasteiger partial charge in [-0.1, -0.05) is 31.2 Å². The van der Waals surface area contributed by atoms with E-state index in [0.717, 1.165) is 0 Å². The topological polar surface area (TPSA) is 200 Å². The molecule has 4 aromatic rings. The fourth-order valence-corrected chi connectivity index (χ4v) is 4.56. The first-order valence-corrected chi connectivity index (χ1v) is 13.1. The monoisotopic (exact) mass is 787 g/mol. The van der Waals surface area contributed by atoms with Gasteiger partial charge in [-0.25, -0.2) is 13.4 Å². The molecule has 0 amide bonds. The first-order valence-electron chi connectivity index (χ1n) is 11.0. The average molecular weight is 787 g/mol. The molecule has 14 nitrogen and oxygen atoms in total. The van der Waals surface area contributed by atoms with Gasteiger partial charge in [0.1, 0.15) is 27.7 Å². The van der Waals surface area contributed by atoms with Gasteiger partial charge in [-0.2, -0.15) is 14.3 Å². The molecule has 0 atom stereocenters. The third-order valence-electron chi connectivity index (χ3n) is 4.90. The van der Waals surface area contributed by atoms with E-state index in [1.165, 1.54) is 18.2 Å². The fraction of sp³-hybridized carbons (Fsp3) is 0.130. The summed E-state index contributed by atoms with van der Waals surface area (Å²) in [7, 11) is -4.86. The van der Waals surface area contributed by atoms with Crippen molar-refractivity contribution in [3.05, 3.63) is 71.3 Å².